The van der Waals surface area contributed by atoms with Crippen LogP contribution in [0.4, 0.5) is 0 Å². The maximum Gasteiger partial charge on any atom is 0.307 e. The fourth-order valence-electron chi connectivity index (χ4n) is 8.13. The minimum absolute atomic E-state index is 0.0497. The lowest BCUT2D eigenvalue weighted by Gasteiger charge is -2.59. The molecule has 3 saturated carbocycles. The molecule has 0 radical (unpaired) electrons. The van der Waals surface area contributed by atoms with Crippen molar-refractivity contribution in [2.24, 2.45) is 35.0 Å². The SMILES string of the molecule is C=C[C@H]1C[C@@]2(C)[C@@H](CC[C@]23OC(=O)CCC3=C)[C@@H]2CCC3=CC(=O)CC[C@@H]3[C@H]21. The van der Waals surface area contributed by atoms with Gasteiger partial charge in [-0.3, -0.25) is 9.59 Å². The fourth-order valence-corrected chi connectivity index (χ4v) is 8.13. The first-order valence-corrected chi connectivity index (χ1v) is 11.2. The maximum atomic E-state index is 12.3. The van der Waals surface area contributed by atoms with Gasteiger partial charge in [-0.1, -0.05) is 25.2 Å². The van der Waals surface area contributed by atoms with Crippen molar-refractivity contribution in [1.29, 1.82) is 0 Å². The molecule has 28 heavy (non-hydrogen) atoms. The number of esters is 1. The highest BCUT2D eigenvalue weighted by Crippen LogP contribution is 2.69. The molecule has 0 aromatic rings. The van der Waals surface area contributed by atoms with Gasteiger partial charge in [0.05, 0.1) is 0 Å². The number of allylic oxidation sites excluding steroid dienone is 2. The number of hydrogen-bond acceptors (Lipinski definition) is 3. The fraction of sp³-hybridized carbons (Fsp3) is 0.680. The summed E-state index contributed by atoms with van der Waals surface area (Å²) in [7, 11) is 0. The van der Waals surface area contributed by atoms with E-state index in [0.29, 0.717) is 48.2 Å². The summed E-state index contributed by atoms with van der Waals surface area (Å²) in [5.41, 5.74) is 2.01. The topological polar surface area (TPSA) is 43.4 Å². The summed E-state index contributed by atoms with van der Waals surface area (Å²) < 4.78 is 6.18. The minimum atomic E-state index is -0.474. The Morgan fingerprint density at radius 2 is 1.96 bits per heavy atom. The molecule has 4 fully saturated rings. The highest BCUT2D eigenvalue weighted by Gasteiger charge is 2.67. The highest BCUT2D eigenvalue weighted by atomic mass is 16.6. The van der Waals surface area contributed by atoms with Crippen LogP contribution in [0.1, 0.15) is 64.7 Å². The molecule has 0 aromatic carbocycles. The molecule has 0 N–H and O–H groups in total. The maximum absolute atomic E-state index is 12.3. The second kappa shape index (κ2) is 6.18. The molecule has 3 heteroatoms. The summed E-state index contributed by atoms with van der Waals surface area (Å²) in [6.45, 7) is 11.0. The van der Waals surface area contributed by atoms with Crippen LogP contribution in [0.2, 0.25) is 0 Å². The van der Waals surface area contributed by atoms with Gasteiger partial charge in [-0.25, -0.2) is 0 Å². The van der Waals surface area contributed by atoms with Gasteiger partial charge in [-0.15, -0.1) is 6.58 Å². The van der Waals surface area contributed by atoms with E-state index in [1.165, 1.54) is 5.57 Å². The molecule has 7 atom stereocenters. The molecule has 0 unspecified atom stereocenters. The van der Waals surface area contributed by atoms with E-state index >= 15 is 0 Å². The molecular formula is C25H32O3. The average molecular weight is 381 g/mol. The van der Waals surface area contributed by atoms with Crippen LogP contribution in [0.3, 0.4) is 0 Å². The van der Waals surface area contributed by atoms with Gasteiger partial charge in [0.25, 0.3) is 0 Å². The summed E-state index contributed by atoms with van der Waals surface area (Å²) in [5, 5.41) is 0. The Morgan fingerprint density at radius 1 is 1.14 bits per heavy atom. The normalized spacial score (nSPS) is 47.7. The third-order valence-corrected chi connectivity index (χ3v) is 9.26. The molecule has 1 heterocycles. The summed E-state index contributed by atoms with van der Waals surface area (Å²) >= 11 is 0. The monoisotopic (exact) mass is 380 g/mol. The van der Waals surface area contributed by atoms with Gasteiger partial charge in [-0.2, -0.15) is 0 Å². The average Bonchev–Trinajstić information content (AvgIpc) is 2.96. The van der Waals surface area contributed by atoms with E-state index in [2.05, 4.69) is 26.2 Å². The molecule has 1 saturated heterocycles. The first-order valence-electron chi connectivity index (χ1n) is 11.2. The van der Waals surface area contributed by atoms with Crippen LogP contribution in [0, 0.1) is 35.0 Å². The molecule has 0 aromatic heterocycles. The first-order chi connectivity index (χ1) is 13.4. The van der Waals surface area contributed by atoms with Crippen LogP contribution in [0.15, 0.2) is 36.5 Å². The zero-order valence-electron chi connectivity index (χ0n) is 17.0. The zero-order valence-corrected chi connectivity index (χ0v) is 17.0. The molecule has 4 aliphatic carbocycles. The van der Waals surface area contributed by atoms with Crippen molar-refractivity contribution < 1.29 is 14.3 Å². The Bertz CT molecular complexity index is 792. The van der Waals surface area contributed by atoms with Crippen molar-refractivity contribution in [3.63, 3.8) is 0 Å². The molecule has 1 spiro atoms. The van der Waals surface area contributed by atoms with Crippen molar-refractivity contribution in [1.82, 2.24) is 0 Å². The summed E-state index contributed by atoms with van der Waals surface area (Å²) in [4.78, 5) is 24.3. The highest BCUT2D eigenvalue weighted by molar-refractivity contribution is 5.91. The van der Waals surface area contributed by atoms with Crippen molar-refractivity contribution in [3.05, 3.63) is 36.5 Å². The number of ketones is 1. The number of fused-ring (bicyclic) bond motifs is 6. The van der Waals surface area contributed by atoms with Crippen molar-refractivity contribution in [2.45, 2.75) is 70.3 Å². The molecular weight excluding hydrogens is 348 g/mol. The van der Waals surface area contributed by atoms with Crippen LogP contribution in [-0.2, 0) is 14.3 Å². The molecule has 0 bridgehead atoms. The Labute approximate surface area is 168 Å². The van der Waals surface area contributed by atoms with Gasteiger partial charge in [0.2, 0.25) is 0 Å². The summed E-state index contributed by atoms with van der Waals surface area (Å²) in [6.07, 6.45) is 12.4. The number of ether oxygens (including phenoxy) is 1. The van der Waals surface area contributed by atoms with E-state index in [-0.39, 0.29) is 11.4 Å². The van der Waals surface area contributed by atoms with E-state index in [1.54, 1.807) is 0 Å². The zero-order chi connectivity index (χ0) is 19.7. The van der Waals surface area contributed by atoms with Gasteiger partial charge in [0, 0.05) is 18.3 Å². The van der Waals surface area contributed by atoms with Crippen LogP contribution < -0.4 is 0 Å². The van der Waals surface area contributed by atoms with Gasteiger partial charge in [-0.05, 0) is 86.2 Å². The van der Waals surface area contributed by atoms with Gasteiger partial charge in [0.1, 0.15) is 5.60 Å². The quantitative estimate of drug-likeness (QED) is 0.465. The van der Waals surface area contributed by atoms with E-state index in [4.69, 9.17) is 4.74 Å². The van der Waals surface area contributed by atoms with Crippen LogP contribution in [0.25, 0.3) is 0 Å². The van der Waals surface area contributed by atoms with E-state index in [1.807, 2.05) is 6.08 Å². The lowest BCUT2D eigenvalue weighted by atomic mass is 9.47. The third-order valence-electron chi connectivity index (χ3n) is 9.26. The van der Waals surface area contributed by atoms with Crippen molar-refractivity contribution in [3.8, 4) is 0 Å². The van der Waals surface area contributed by atoms with Crippen LogP contribution in [-0.4, -0.2) is 17.4 Å². The summed E-state index contributed by atoms with van der Waals surface area (Å²) in [6, 6.07) is 0. The lowest BCUT2D eigenvalue weighted by molar-refractivity contribution is -0.183. The Kier molecular flexibility index (Phi) is 4.06. The summed E-state index contributed by atoms with van der Waals surface area (Å²) in [5.74, 6) is 3.00. The predicted molar refractivity (Wildman–Crippen MR) is 108 cm³/mol. The lowest BCUT2D eigenvalue weighted by Crippen LogP contribution is -2.58. The number of rotatable bonds is 1. The minimum Gasteiger partial charge on any atom is -0.454 e. The van der Waals surface area contributed by atoms with Crippen molar-refractivity contribution >= 4 is 11.8 Å². The predicted octanol–water partition coefficient (Wildman–Crippen LogP) is 5.17. The number of hydrogen-bond donors (Lipinski definition) is 0. The molecule has 1 aliphatic heterocycles. The van der Waals surface area contributed by atoms with Crippen LogP contribution >= 0.6 is 0 Å². The molecule has 3 nitrogen and oxygen atoms in total. The Balaban J connectivity index is 1.55. The second-order valence-corrected chi connectivity index (χ2v) is 10.2. The van der Waals surface area contributed by atoms with Crippen molar-refractivity contribution in [2.75, 3.05) is 0 Å². The van der Waals surface area contributed by atoms with Crippen LogP contribution in [0.5, 0.6) is 0 Å². The first kappa shape index (κ1) is 18.4. The van der Waals surface area contributed by atoms with E-state index in [0.717, 1.165) is 50.5 Å². The largest absolute Gasteiger partial charge is 0.454 e. The van der Waals surface area contributed by atoms with E-state index < -0.39 is 5.60 Å². The number of carbonyl (C=O) groups is 2. The Hall–Kier alpha value is -1.64. The third kappa shape index (κ3) is 2.28. The van der Waals surface area contributed by atoms with Gasteiger partial charge < -0.3 is 4.74 Å². The molecule has 5 rings (SSSR count). The Morgan fingerprint density at radius 3 is 2.75 bits per heavy atom. The molecule has 0 amide bonds. The van der Waals surface area contributed by atoms with Gasteiger partial charge >= 0.3 is 5.97 Å². The number of carbonyl (C=O) groups excluding carboxylic acids is 2. The van der Waals surface area contributed by atoms with E-state index in [9.17, 15) is 9.59 Å². The molecule has 150 valence electrons. The second-order valence-electron chi connectivity index (χ2n) is 10.2. The smallest absolute Gasteiger partial charge is 0.307 e. The van der Waals surface area contributed by atoms with Gasteiger partial charge in [0.15, 0.2) is 5.78 Å². The molecule has 5 aliphatic rings. The standard InChI is InChI=1S/C25H32O3/c1-4-16-14-24(3)21(11-12-25(24)15(2)5-10-22(27)28-25)20-8-6-17-13-18(26)7-9-19(17)23(16)20/h4,13,16,19-21,23H,1-2,5-12,14H2,3H3/t16-,19-,20-,21-,23+,24-,25+/m0/s1.